The lowest BCUT2D eigenvalue weighted by Gasteiger charge is -2.28. The molecule has 0 aliphatic rings. The topological polar surface area (TPSA) is 49.4 Å². The molecule has 0 fully saturated rings. The summed E-state index contributed by atoms with van der Waals surface area (Å²) in [7, 11) is 0. The average molecular weight is 419 g/mol. The highest BCUT2D eigenvalue weighted by molar-refractivity contribution is 7.99. The van der Waals surface area contributed by atoms with E-state index < -0.39 is 6.04 Å². The highest BCUT2D eigenvalue weighted by Gasteiger charge is 2.25. The normalized spacial score (nSPS) is 11.7. The molecule has 2 amide bonds. The first kappa shape index (κ1) is 22.3. The Morgan fingerprint density at radius 2 is 1.79 bits per heavy atom. The Hall–Kier alpha value is -1.98. The van der Waals surface area contributed by atoms with Crippen LogP contribution in [0, 0.1) is 0 Å². The van der Waals surface area contributed by atoms with E-state index in [0.29, 0.717) is 30.3 Å². The average Bonchev–Trinajstić information content (AvgIpc) is 2.70. The third-order valence-electron chi connectivity index (χ3n) is 4.40. The van der Waals surface area contributed by atoms with Gasteiger partial charge in [-0.05, 0) is 50.1 Å². The van der Waals surface area contributed by atoms with Gasteiger partial charge in [-0.2, -0.15) is 0 Å². The summed E-state index contributed by atoms with van der Waals surface area (Å²) in [6.45, 7) is 4.74. The number of hydrogen-bond acceptors (Lipinski definition) is 3. The second-order valence-electron chi connectivity index (χ2n) is 6.45. The van der Waals surface area contributed by atoms with E-state index in [-0.39, 0.29) is 11.8 Å². The van der Waals surface area contributed by atoms with Crippen molar-refractivity contribution < 1.29 is 9.59 Å². The largest absolute Gasteiger partial charge is 0.355 e. The molecular weight excluding hydrogens is 392 g/mol. The van der Waals surface area contributed by atoms with Gasteiger partial charge in [-0.1, -0.05) is 41.9 Å². The van der Waals surface area contributed by atoms with E-state index in [4.69, 9.17) is 11.6 Å². The second kappa shape index (κ2) is 11.8. The standard InChI is InChI=1S/C22H27ClN2O2S/c1-3-24-22(27)17(2)25(15-13-18-7-5-4-6-8-18)21(26)14-16-28-20-11-9-19(23)10-12-20/h4-12,17H,3,13-16H2,1-2H3,(H,24,27)/t17-/m0/s1. The van der Waals surface area contributed by atoms with Crippen molar-refractivity contribution in [1.82, 2.24) is 10.2 Å². The maximum absolute atomic E-state index is 12.9. The Bertz CT molecular complexity index is 753. The van der Waals surface area contributed by atoms with E-state index in [1.54, 1.807) is 23.6 Å². The first-order chi connectivity index (χ1) is 13.5. The summed E-state index contributed by atoms with van der Waals surface area (Å²) in [6, 6.07) is 17.1. The van der Waals surface area contributed by atoms with Crippen molar-refractivity contribution in [2.45, 2.75) is 37.6 Å². The minimum atomic E-state index is -0.489. The maximum Gasteiger partial charge on any atom is 0.242 e. The van der Waals surface area contributed by atoms with Crippen molar-refractivity contribution in [3.05, 3.63) is 65.2 Å². The number of hydrogen-bond donors (Lipinski definition) is 1. The molecule has 2 rings (SSSR count). The molecule has 150 valence electrons. The first-order valence-electron chi connectivity index (χ1n) is 9.50. The number of amides is 2. The summed E-state index contributed by atoms with van der Waals surface area (Å²) in [5.41, 5.74) is 1.15. The Kier molecular flexibility index (Phi) is 9.38. The fraction of sp³-hybridized carbons (Fsp3) is 0.364. The van der Waals surface area contributed by atoms with Gasteiger partial charge in [0.25, 0.3) is 0 Å². The van der Waals surface area contributed by atoms with Crippen LogP contribution in [-0.4, -0.2) is 41.6 Å². The molecule has 6 heteroatoms. The van der Waals surface area contributed by atoms with Gasteiger partial charge in [-0.3, -0.25) is 9.59 Å². The van der Waals surface area contributed by atoms with Crippen LogP contribution in [0.1, 0.15) is 25.8 Å². The maximum atomic E-state index is 12.9. The van der Waals surface area contributed by atoms with Crippen molar-refractivity contribution in [1.29, 1.82) is 0 Å². The molecule has 4 nitrogen and oxygen atoms in total. The third kappa shape index (κ3) is 7.21. The van der Waals surface area contributed by atoms with E-state index >= 15 is 0 Å². The summed E-state index contributed by atoms with van der Waals surface area (Å²) in [5.74, 6) is 0.537. The molecule has 0 aromatic heterocycles. The lowest BCUT2D eigenvalue weighted by atomic mass is 10.1. The zero-order chi connectivity index (χ0) is 20.4. The van der Waals surface area contributed by atoms with Gasteiger partial charge in [-0.25, -0.2) is 0 Å². The van der Waals surface area contributed by atoms with Gasteiger partial charge in [0.1, 0.15) is 6.04 Å². The number of carbonyl (C=O) groups is 2. The molecule has 1 atom stereocenters. The SMILES string of the molecule is CCNC(=O)[C@H](C)N(CCc1ccccc1)C(=O)CCSc1ccc(Cl)cc1. The van der Waals surface area contributed by atoms with Crippen LogP contribution in [0.4, 0.5) is 0 Å². The van der Waals surface area contributed by atoms with Crippen LogP contribution in [0.15, 0.2) is 59.5 Å². The van der Waals surface area contributed by atoms with Crippen molar-refractivity contribution in [2.24, 2.45) is 0 Å². The molecule has 2 aromatic rings. The molecule has 1 N–H and O–H groups in total. The summed E-state index contributed by atoms with van der Waals surface area (Å²) < 4.78 is 0. The zero-order valence-corrected chi connectivity index (χ0v) is 17.9. The summed E-state index contributed by atoms with van der Waals surface area (Å²) in [6.07, 6.45) is 1.10. The molecule has 0 saturated carbocycles. The molecule has 0 saturated heterocycles. The molecule has 0 aliphatic heterocycles. The number of benzene rings is 2. The van der Waals surface area contributed by atoms with E-state index in [9.17, 15) is 9.59 Å². The first-order valence-corrected chi connectivity index (χ1v) is 10.9. The Balaban J connectivity index is 1.96. The van der Waals surface area contributed by atoms with E-state index in [1.807, 2.05) is 61.5 Å². The molecule has 0 bridgehead atoms. The van der Waals surface area contributed by atoms with Gasteiger partial charge in [-0.15, -0.1) is 11.8 Å². The molecule has 0 radical (unpaired) electrons. The van der Waals surface area contributed by atoms with Crippen LogP contribution in [0.2, 0.25) is 5.02 Å². The Labute approximate surface area is 176 Å². The lowest BCUT2D eigenvalue weighted by molar-refractivity contribution is -0.139. The lowest BCUT2D eigenvalue weighted by Crippen LogP contribution is -2.48. The molecular formula is C22H27ClN2O2S. The monoisotopic (exact) mass is 418 g/mol. The number of likely N-dealkylation sites (N-methyl/N-ethyl adjacent to an activating group) is 1. The van der Waals surface area contributed by atoms with Gasteiger partial charge in [0, 0.05) is 35.2 Å². The van der Waals surface area contributed by atoms with Crippen molar-refractivity contribution in [2.75, 3.05) is 18.8 Å². The number of thioether (sulfide) groups is 1. The van der Waals surface area contributed by atoms with E-state index in [2.05, 4.69) is 5.32 Å². The number of halogens is 1. The van der Waals surface area contributed by atoms with Gasteiger partial charge in [0.05, 0.1) is 0 Å². The van der Waals surface area contributed by atoms with Crippen LogP contribution in [0.3, 0.4) is 0 Å². The van der Waals surface area contributed by atoms with Gasteiger partial charge >= 0.3 is 0 Å². The number of rotatable bonds is 10. The minimum absolute atomic E-state index is 0.00357. The molecule has 0 unspecified atom stereocenters. The van der Waals surface area contributed by atoms with Crippen molar-refractivity contribution in [3.8, 4) is 0 Å². The van der Waals surface area contributed by atoms with Crippen LogP contribution in [0.25, 0.3) is 0 Å². The second-order valence-corrected chi connectivity index (χ2v) is 8.05. The van der Waals surface area contributed by atoms with Crippen LogP contribution in [0.5, 0.6) is 0 Å². The van der Waals surface area contributed by atoms with Crippen LogP contribution < -0.4 is 5.32 Å². The van der Waals surface area contributed by atoms with Gasteiger partial charge in [0.2, 0.25) is 11.8 Å². The number of carbonyl (C=O) groups excluding carboxylic acids is 2. The smallest absolute Gasteiger partial charge is 0.242 e. The van der Waals surface area contributed by atoms with Gasteiger partial charge < -0.3 is 10.2 Å². The number of nitrogens with zero attached hydrogens (tertiary/aromatic N) is 1. The summed E-state index contributed by atoms with van der Waals surface area (Å²) in [5, 5.41) is 3.51. The molecule has 2 aromatic carbocycles. The van der Waals surface area contributed by atoms with Crippen molar-refractivity contribution >= 4 is 35.2 Å². The van der Waals surface area contributed by atoms with E-state index in [0.717, 1.165) is 16.9 Å². The van der Waals surface area contributed by atoms with Gasteiger partial charge in [0.15, 0.2) is 0 Å². The van der Waals surface area contributed by atoms with Crippen LogP contribution in [-0.2, 0) is 16.0 Å². The number of nitrogens with one attached hydrogen (secondary N) is 1. The minimum Gasteiger partial charge on any atom is -0.355 e. The van der Waals surface area contributed by atoms with Crippen LogP contribution >= 0.6 is 23.4 Å². The summed E-state index contributed by atoms with van der Waals surface area (Å²) >= 11 is 7.52. The molecule has 0 aliphatic carbocycles. The quantitative estimate of drug-likeness (QED) is 0.581. The predicted molar refractivity (Wildman–Crippen MR) is 117 cm³/mol. The predicted octanol–water partition coefficient (Wildman–Crippen LogP) is 4.42. The third-order valence-corrected chi connectivity index (χ3v) is 5.67. The zero-order valence-electron chi connectivity index (χ0n) is 16.4. The highest BCUT2D eigenvalue weighted by Crippen LogP contribution is 2.21. The molecule has 0 heterocycles. The summed E-state index contributed by atoms with van der Waals surface area (Å²) in [4.78, 5) is 27.9. The Morgan fingerprint density at radius 1 is 1.11 bits per heavy atom. The highest BCUT2D eigenvalue weighted by atomic mass is 35.5. The Morgan fingerprint density at radius 3 is 2.43 bits per heavy atom. The fourth-order valence-electron chi connectivity index (χ4n) is 2.82. The van der Waals surface area contributed by atoms with Crippen molar-refractivity contribution in [3.63, 3.8) is 0 Å². The molecule has 28 heavy (non-hydrogen) atoms. The fourth-order valence-corrected chi connectivity index (χ4v) is 3.79. The van der Waals surface area contributed by atoms with E-state index in [1.165, 1.54) is 0 Å². The molecule has 0 spiro atoms.